The Morgan fingerprint density at radius 2 is 2.40 bits per heavy atom. The van der Waals surface area contributed by atoms with Gasteiger partial charge in [-0.2, -0.15) is 0 Å². The zero-order valence-electron chi connectivity index (χ0n) is 11.8. The van der Waals surface area contributed by atoms with Gasteiger partial charge < -0.3 is 10.1 Å². The SMILES string of the molecule is C=C(C)COCCNC(=O)Cc1csc2nc(C)cn12. The summed E-state index contributed by atoms with van der Waals surface area (Å²) in [7, 11) is 0. The van der Waals surface area contributed by atoms with Crippen molar-refractivity contribution < 1.29 is 9.53 Å². The van der Waals surface area contributed by atoms with Gasteiger partial charge in [0.25, 0.3) is 0 Å². The molecule has 2 aromatic heterocycles. The number of amides is 1. The van der Waals surface area contributed by atoms with Crippen LogP contribution in [0.3, 0.4) is 0 Å². The summed E-state index contributed by atoms with van der Waals surface area (Å²) in [6.45, 7) is 9.16. The summed E-state index contributed by atoms with van der Waals surface area (Å²) in [5.74, 6) is -0.00465. The van der Waals surface area contributed by atoms with E-state index in [2.05, 4.69) is 16.9 Å². The van der Waals surface area contributed by atoms with E-state index in [9.17, 15) is 4.79 Å². The molecule has 20 heavy (non-hydrogen) atoms. The Hall–Kier alpha value is -1.66. The number of thiazole rings is 1. The van der Waals surface area contributed by atoms with E-state index < -0.39 is 0 Å². The van der Waals surface area contributed by atoms with Gasteiger partial charge in [0.05, 0.1) is 25.3 Å². The standard InChI is InChI=1S/C14H19N3O2S/c1-10(2)8-19-5-4-15-13(18)6-12-9-20-14-16-11(3)7-17(12)14/h7,9H,1,4-6,8H2,2-3H3,(H,15,18). The van der Waals surface area contributed by atoms with E-state index in [1.165, 1.54) is 0 Å². The lowest BCUT2D eigenvalue weighted by atomic mass is 10.3. The molecule has 0 bridgehead atoms. The van der Waals surface area contributed by atoms with E-state index in [0.29, 0.717) is 26.2 Å². The number of imidazole rings is 1. The zero-order valence-corrected chi connectivity index (χ0v) is 12.6. The number of rotatable bonds is 7. The minimum Gasteiger partial charge on any atom is -0.375 e. The molecule has 0 fully saturated rings. The molecule has 0 unspecified atom stereocenters. The highest BCUT2D eigenvalue weighted by Gasteiger charge is 2.10. The van der Waals surface area contributed by atoms with Crippen LogP contribution >= 0.6 is 11.3 Å². The topological polar surface area (TPSA) is 55.6 Å². The van der Waals surface area contributed by atoms with E-state index in [1.54, 1.807) is 11.3 Å². The lowest BCUT2D eigenvalue weighted by Crippen LogP contribution is -2.29. The second-order valence-corrected chi connectivity index (χ2v) is 5.63. The number of nitrogens with zero attached hydrogens (tertiary/aromatic N) is 2. The van der Waals surface area contributed by atoms with Gasteiger partial charge >= 0.3 is 0 Å². The maximum Gasteiger partial charge on any atom is 0.226 e. The summed E-state index contributed by atoms with van der Waals surface area (Å²) in [5, 5.41) is 4.81. The van der Waals surface area contributed by atoms with Gasteiger partial charge in [0, 0.05) is 23.8 Å². The van der Waals surface area contributed by atoms with Crippen LogP contribution in [0.15, 0.2) is 23.7 Å². The smallest absolute Gasteiger partial charge is 0.226 e. The van der Waals surface area contributed by atoms with E-state index in [1.807, 2.05) is 29.8 Å². The predicted molar refractivity (Wildman–Crippen MR) is 80.2 cm³/mol. The summed E-state index contributed by atoms with van der Waals surface area (Å²) in [6.07, 6.45) is 2.31. The monoisotopic (exact) mass is 293 g/mol. The number of hydrogen-bond donors (Lipinski definition) is 1. The van der Waals surface area contributed by atoms with Crippen LogP contribution < -0.4 is 5.32 Å². The molecule has 0 aliphatic rings. The van der Waals surface area contributed by atoms with Crippen molar-refractivity contribution in [1.82, 2.24) is 14.7 Å². The molecule has 0 aromatic carbocycles. The van der Waals surface area contributed by atoms with Crippen LogP contribution in [0.5, 0.6) is 0 Å². The van der Waals surface area contributed by atoms with Gasteiger partial charge in [-0.3, -0.25) is 9.20 Å². The van der Waals surface area contributed by atoms with Gasteiger partial charge in [-0.1, -0.05) is 12.2 Å². The molecule has 0 aliphatic heterocycles. The Bertz CT molecular complexity index is 615. The third kappa shape index (κ3) is 3.91. The number of carbonyl (C=O) groups excluding carboxylic acids is 1. The number of aromatic nitrogens is 2. The first-order chi connectivity index (χ1) is 9.56. The highest BCUT2D eigenvalue weighted by atomic mass is 32.1. The maximum absolute atomic E-state index is 11.8. The Balaban J connectivity index is 1.78. The molecule has 0 spiro atoms. The summed E-state index contributed by atoms with van der Waals surface area (Å²) < 4.78 is 7.30. The fraction of sp³-hybridized carbons (Fsp3) is 0.429. The molecule has 0 saturated heterocycles. The molecule has 1 N–H and O–H groups in total. The molecule has 6 heteroatoms. The molecule has 0 saturated carbocycles. The first-order valence-corrected chi connectivity index (χ1v) is 7.35. The van der Waals surface area contributed by atoms with Crippen LogP contribution in [0.25, 0.3) is 4.96 Å². The van der Waals surface area contributed by atoms with Gasteiger partial charge in [0.2, 0.25) is 5.91 Å². The van der Waals surface area contributed by atoms with Gasteiger partial charge in [-0.15, -0.1) is 11.3 Å². The van der Waals surface area contributed by atoms with Crippen molar-refractivity contribution in [2.75, 3.05) is 19.8 Å². The van der Waals surface area contributed by atoms with Gasteiger partial charge in [-0.25, -0.2) is 4.98 Å². The van der Waals surface area contributed by atoms with Crippen LogP contribution in [0.4, 0.5) is 0 Å². The number of fused-ring (bicyclic) bond motifs is 1. The molecular formula is C14H19N3O2S. The lowest BCUT2D eigenvalue weighted by Gasteiger charge is -2.06. The molecule has 2 aromatic rings. The van der Waals surface area contributed by atoms with Crippen molar-refractivity contribution in [2.45, 2.75) is 20.3 Å². The van der Waals surface area contributed by atoms with Crippen LogP contribution in [0.2, 0.25) is 0 Å². The molecule has 0 radical (unpaired) electrons. The van der Waals surface area contributed by atoms with Crippen molar-refractivity contribution in [3.05, 3.63) is 35.1 Å². The second kappa shape index (κ2) is 6.67. The molecular weight excluding hydrogens is 274 g/mol. The highest BCUT2D eigenvalue weighted by molar-refractivity contribution is 7.15. The molecule has 1 amide bonds. The normalized spacial score (nSPS) is 10.9. The predicted octanol–water partition coefficient (Wildman–Crippen LogP) is 1.96. The molecule has 108 valence electrons. The maximum atomic E-state index is 11.8. The quantitative estimate of drug-likeness (QED) is 0.627. The summed E-state index contributed by atoms with van der Waals surface area (Å²) in [6, 6.07) is 0. The Labute approximate surface area is 122 Å². The van der Waals surface area contributed by atoms with Gasteiger partial charge in [0.1, 0.15) is 0 Å². The van der Waals surface area contributed by atoms with E-state index >= 15 is 0 Å². The minimum atomic E-state index is -0.00465. The molecule has 0 atom stereocenters. The minimum absolute atomic E-state index is 0.00465. The summed E-state index contributed by atoms with van der Waals surface area (Å²) >= 11 is 1.55. The van der Waals surface area contributed by atoms with E-state index in [-0.39, 0.29) is 5.91 Å². The fourth-order valence-corrected chi connectivity index (χ4v) is 2.72. The fourth-order valence-electron chi connectivity index (χ4n) is 1.80. The largest absolute Gasteiger partial charge is 0.375 e. The van der Waals surface area contributed by atoms with E-state index in [0.717, 1.165) is 21.9 Å². The van der Waals surface area contributed by atoms with Crippen molar-refractivity contribution in [3.63, 3.8) is 0 Å². The number of ether oxygens (including phenoxy) is 1. The van der Waals surface area contributed by atoms with Crippen molar-refractivity contribution in [3.8, 4) is 0 Å². The van der Waals surface area contributed by atoms with Crippen LogP contribution in [-0.4, -0.2) is 35.1 Å². The number of hydrogen-bond acceptors (Lipinski definition) is 4. The highest BCUT2D eigenvalue weighted by Crippen LogP contribution is 2.16. The Morgan fingerprint density at radius 1 is 1.60 bits per heavy atom. The van der Waals surface area contributed by atoms with Crippen LogP contribution in [-0.2, 0) is 16.0 Å². The third-order valence-corrected chi connectivity index (χ3v) is 3.55. The molecule has 2 heterocycles. The first-order valence-electron chi connectivity index (χ1n) is 6.47. The Morgan fingerprint density at radius 3 is 3.15 bits per heavy atom. The van der Waals surface area contributed by atoms with Crippen molar-refractivity contribution in [1.29, 1.82) is 0 Å². The third-order valence-electron chi connectivity index (χ3n) is 2.66. The summed E-state index contributed by atoms with van der Waals surface area (Å²) in [4.78, 5) is 17.1. The first kappa shape index (κ1) is 14.7. The van der Waals surface area contributed by atoms with Gasteiger partial charge in [0.15, 0.2) is 4.96 Å². The number of aryl methyl sites for hydroxylation is 1. The second-order valence-electron chi connectivity index (χ2n) is 4.80. The lowest BCUT2D eigenvalue weighted by molar-refractivity contribution is -0.120. The number of nitrogens with one attached hydrogen (secondary N) is 1. The Kier molecular flexibility index (Phi) is 4.92. The zero-order chi connectivity index (χ0) is 14.5. The summed E-state index contributed by atoms with van der Waals surface area (Å²) in [5.41, 5.74) is 2.91. The molecule has 5 nitrogen and oxygen atoms in total. The van der Waals surface area contributed by atoms with Gasteiger partial charge in [-0.05, 0) is 13.8 Å². The van der Waals surface area contributed by atoms with E-state index in [4.69, 9.17) is 4.74 Å². The molecule has 2 rings (SSSR count). The van der Waals surface area contributed by atoms with Crippen molar-refractivity contribution >= 4 is 22.2 Å². The average molecular weight is 293 g/mol. The van der Waals surface area contributed by atoms with Crippen molar-refractivity contribution in [2.24, 2.45) is 0 Å². The van der Waals surface area contributed by atoms with Crippen LogP contribution in [0, 0.1) is 6.92 Å². The average Bonchev–Trinajstić information content (AvgIpc) is 2.89. The van der Waals surface area contributed by atoms with Crippen LogP contribution in [0.1, 0.15) is 18.3 Å². The molecule has 0 aliphatic carbocycles. The number of carbonyl (C=O) groups is 1.